The van der Waals surface area contributed by atoms with Crippen LogP contribution < -0.4 is 15.4 Å². The summed E-state index contributed by atoms with van der Waals surface area (Å²) in [6.07, 6.45) is 1.82. The summed E-state index contributed by atoms with van der Waals surface area (Å²) in [5.74, 6) is 1.26. The Labute approximate surface area is 174 Å². The van der Waals surface area contributed by atoms with E-state index in [1.807, 2.05) is 63.9 Å². The zero-order valence-corrected chi connectivity index (χ0v) is 18.3. The van der Waals surface area contributed by atoms with Gasteiger partial charge >= 0.3 is 6.09 Å². The van der Waals surface area contributed by atoms with Gasteiger partial charge in [-0.3, -0.25) is 9.69 Å². The maximum Gasteiger partial charge on any atom is 0.407 e. The van der Waals surface area contributed by atoms with Crippen molar-refractivity contribution in [2.75, 3.05) is 33.3 Å². The van der Waals surface area contributed by atoms with E-state index in [1.54, 1.807) is 0 Å². The van der Waals surface area contributed by atoms with Gasteiger partial charge in [0, 0.05) is 12.6 Å². The molecule has 0 saturated heterocycles. The highest BCUT2D eigenvalue weighted by Crippen LogP contribution is 2.34. The molecule has 0 aromatic heterocycles. The van der Waals surface area contributed by atoms with E-state index in [0.717, 1.165) is 24.2 Å². The fourth-order valence-electron chi connectivity index (χ4n) is 3.13. The molecular weight excluding hydrogens is 370 g/mol. The third-order valence-corrected chi connectivity index (χ3v) is 4.66. The fraction of sp³-hybridized carbons (Fsp3) is 0.636. The molecular formula is C22H35N3O4. The Hall–Kier alpha value is -2.28. The highest BCUT2D eigenvalue weighted by Gasteiger charge is 2.34. The minimum Gasteiger partial charge on any atom is -0.492 e. The first-order valence-corrected chi connectivity index (χ1v) is 10.3. The molecule has 1 aliphatic carbocycles. The van der Waals surface area contributed by atoms with Crippen LogP contribution in [0.1, 0.15) is 39.2 Å². The first kappa shape index (κ1) is 23.0. The van der Waals surface area contributed by atoms with Gasteiger partial charge in [0.25, 0.3) is 0 Å². The average molecular weight is 406 g/mol. The van der Waals surface area contributed by atoms with Crippen molar-refractivity contribution < 1.29 is 19.1 Å². The van der Waals surface area contributed by atoms with Crippen molar-refractivity contribution in [2.45, 2.75) is 52.2 Å². The number of nitrogens with zero attached hydrogens (tertiary/aromatic N) is 1. The Balaban J connectivity index is 1.69. The van der Waals surface area contributed by atoms with Gasteiger partial charge in [-0.05, 0) is 71.2 Å². The normalized spacial score (nSPS) is 15.0. The number of carbonyl (C=O) groups is 2. The number of hydrogen-bond acceptors (Lipinski definition) is 5. The molecule has 2 rings (SSSR count). The SMILES string of the molecule is Cc1cccc(OCCNC(=O)CN(C)[C@H](CNC(=O)OC(C)(C)C)C2CC2)c1. The molecule has 1 fully saturated rings. The number of alkyl carbamates (subject to hydrolysis) is 1. The molecule has 0 unspecified atom stereocenters. The summed E-state index contributed by atoms with van der Waals surface area (Å²) in [5.41, 5.74) is 0.616. The van der Waals surface area contributed by atoms with Gasteiger partial charge in [-0.2, -0.15) is 0 Å². The molecule has 2 N–H and O–H groups in total. The number of carbonyl (C=O) groups excluding carboxylic acids is 2. The van der Waals surface area contributed by atoms with Crippen LogP contribution >= 0.6 is 0 Å². The summed E-state index contributed by atoms with van der Waals surface area (Å²) in [6, 6.07) is 7.95. The topological polar surface area (TPSA) is 79.9 Å². The van der Waals surface area contributed by atoms with Gasteiger partial charge in [0.05, 0.1) is 13.1 Å². The molecule has 1 aromatic carbocycles. The van der Waals surface area contributed by atoms with Crippen LogP contribution in [-0.2, 0) is 9.53 Å². The third-order valence-electron chi connectivity index (χ3n) is 4.66. The number of rotatable bonds is 10. The van der Waals surface area contributed by atoms with E-state index in [4.69, 9.17) is 9.47 Å². The van der Waals surface area contributed by atoms with Crippen LogP contribution in [0.2, 0.25) is 0 Å². The lowest BCUT2D eigenvalue weighted by atomic mass is 10.1. The van der Waals surface area contributed by atoms with E-state index < -0.39 is 11.7 Å². The van der Waals surface area contributed by atoms with E-state index in [1.165, 1.54) is 0 Å². The second-order valence-corrected chi connectivity index (χ2v) is 8.72. The molecule has 162 valence electrons. The van der Waals surface area contributed by atoms with Crippen molar-refractivity contribution in [3.63, 3.8) is 0 Å². The Bertz CT molecular complexity index is 683. The summed E-state index contributed by atoms with van der Waals surface area (Å²) in [7, 11) is 1.92. The van der Waals surface area contributed by atoms with Crippen LogP contribution in [0.15, 0.2) is 24.3 Å². The highest BCUT2D eigenvalue weighted by molar-refractivity contribution is 5.78. The van der Waals surface area contributed by atoms with Crippen LogP contribution in [0, 0.1) is 12.8 Å². The zero-order valence-electron chi connectivity index (χ0n) is 18.3. The lowest BCUT2D eigenvalue weighted by molar-refractivity contribution is -0.122. The van der Waals surface area contributed by atoms with Crippen molar-refractivity contribution in [2.24, 2.45) is 5.92 Å². The minimum absolute atomic E-state index is 0.0525. The number of amides is 2. The van der Waals surface area contributed by atoms with Crippen LogP contribution in [0.25, 0.3) is 0 Å². The summed E-state index contributed by atoms with van der Waals surface area (Å²) in [5, 5.41) is 5.73. The van der Waals surface area contributed by atoms with Gasteiger partial charge in [0.15, 0.2) is 0 Å². The number of hydrogen-bond donors (Lipinski definition) is 2. The second kappa shape index (κ2) is 10.5. The Morgan fingerprint density at radius 1 is 1.24 bits per heavy atom. The second-order valence-electron chi connectivity index (χ2n) is 8.72. The number of benzene rings is 1. The molecule has 7 nitrogen and oxygen atoms in total. The van der Waals surface area contributed by atoms with Crippen molar-refractivity contribution in [1.29, 1.82) is 0 Å². The number of ether oxygens (including phenoxy) is 2. The predicted octanol–water partition coefficient (Wildman–Crippen LogP) is 2.73. The minimum atomic E-state index is -0.522. The molecule has 0 radical (unpaired) electrons. The molecule has 7 heteroatoms. The van der Waals surface area contributed by atoms with E-state index in [-0.39, 0.29) is 18.5 Å². The standard InChI is InChI=1S/C22H35N3O4/c1-16-7-6-8-18(13-16)28-12-11-23-20(26)15-25(5)19(17-9-10-17)14-24-21(27)29-22(2,3)4/h6-8,13,17,19H,9-12,14-15H2,1-5H3,(H,23,26)(H,24,27)/t19-/m1/s1. The zero-order chi connectivity index (χ0) is 21.4. The third kappa shape index (κ3) is 9.17. The van der Waals surface area contributed by atoms with Gasteiger partial charge in [-0.25, -0.2) is 4.79 Å². The predicted molar refractivity (Wildman–Crippen MR) is 113 cm³/mol. The van der Waals surface area contributed by atoms with Gasteiger partial charge in [-0.1, -0.05) is 12.1 Å². The van der Waals surface area contributed by atoms with Gasteiger partial charge < -0.3 is 20.1 Å². The number of nitrogens with one attached hydrogen (secondary N) is 2. The van der Waals surface area contributed by atoms with Crippen molar-refractivity contribution in [1.82, 2.24) is 15.5 Å². The Kier molecular flexibility index (Phi) is 8.32. The van der Waals surface area contributed by atoms with Crippen LogP contribution in [-0.4, -0.2) is 61.8 Å². The molecule has 29 heavy (non-hydrogen) atoms. The summed E-state index contributed by atoms with van der Waals surface area (Å²) in [6.45, 7) is 9.15. The summed E-state index contributed by atoms with van der Waals surface area (Å²) in [4.78, 5) is 26.2. The number of likely N-dealkylation sites (N-methyl/N-ethyl adjacent to an activating group) is 1. The van der Waals surface area contributed by atoms with Crippen molar-refractivity contribution >= 4 is 12.0 Å². The van der Waals surface area contributed by atoms with E-state index in [9.17, 15) is 9.59 Å². The fourth-order valence-corrected chi connectivity index (χ4v) is 3.13. The smallest absolute Gasteiger partial charge is 0.407 e. The average Bonchev–Trinajstić information content (AvgIpc) is 3.42. The number of aryl methyl sites for hydroxylation is 1. The molecule has 1 aromatic rings. The Morgan fingerprint density at radius 3 is 2.59 bits per heavy atom. The molecule has 0 heterocycles. The monoisotopic (exact) mass is 405 g/mol. The first-order valence-electron chi connectivity index (χ1n) is 10.3. The van der Waals surface area contributed by atoms with Gasteiger partial charge in [-0.15, -0.1) is 0 Å². The van der Waals surface area contributed by atoms with Crippen LogP contribution in [0.3, 0.4) is 0 Å². The highest BCUT2D eigenvalue weighted by atomic mass is 16.6. The molecule has 2 amide bonds. The molecule has 1 aliphatic rings. The van der Waals surface area contributed by atoms with Gasteiger partial charge in [0.1, 0.15) is 18.0 Å². The summed E-state index contributed by atoms with van der Waals surface area (Å²) < 4.78 is 10.9. The lowest BCUT2D eigenvalue weighted by Gasteiger charge is -2.28. The quantitative estimate of drug-likeness (QED) is 0.585. The van der Waals surface area contributed by atoms with Crippen molar-refractivity contribution in [3.05, 3.63) is 29.8 Å². The van der Waals surface area contributed by atoms with Crippen molar-refractivity contribution in [3.8, 4) is 5.75 Å². The molecule has 1 saturated carbocycles. The lowest BCUT2D eigenvalue weighted by Crippen LogP contribution is -2.48. The molecule has 0 spiro atoms. The van der Waals surface area contributed by atoms with E-state index in [0.29, 0.717) is 25.6 Å². The largest absolute Gasteiger partial charge is 0.492 e. The van der Waals surface area contributed by atoms with E-state index >= 15 is 0 Å². The van der Waals surface area contributed by atoms with Gasteiger partial charge in [0.2, 0.25) is 5.91 Å². The molecule has 0 bridgehead atoms. The van der Waals surface area contributed by atoms with Crippen LogP contribution in [0.5, 0.6) is 5.75 Å². The van der Waals surface area contributed by atoms with E-state index in [2.05, 4.69) is 10.6 Å². The maximum absolute atomic E-state index is 12.3. The Morgan fingerprint density at radius 2 is 1.97 bits per heavy atom. The molecule has 1 atom stereocenters. The first-order chi connectivity index (χ1) is 13.6. The summed E-state index contributed by atoms with van der Waals surface area (Å²) >= 11 is 0. The molecule has 0 aliphatic heterocycles. The maximum atomic E-state index is 12.3. The van der Waals surface area contributed by atoms with Crippen LogP contribution in [0.4, 0.5) is 4.79 Å².